The summed E-state index contributed by atoms with van der Waals surface area (Å²) in [7, 11) is 0. The van der Waals surface area contributed by atoms with Crippen LogP contribution in [-0.2, 0) is 4.79 Å². The second kappa shape index (κ2) is 7.97. The van der Waals surface area contributed by atoms with Gasteiger partial charge in [-0.2, -0.15) is 0 Å². The fourth-order valence-corrected chi connectivity index (χ4v) is 3.54. The van der Waals surface area contributed by atoms with Crippen LogP contribution in [0.5, 0.6) is 0 Å². The summed E-state index contributed by atoms with van der Waals surface area (Å²) < 4.78 is 0. The van der Waals surface area contributed by atoms with E-state index in [2.05, 4.69) is 21.7 Å². The van der Waals surface area contributed by atoms with Crippen molar-refractivity contribution in [3.63, 3.8) is 0 Å². The van der Waals surface area contributed by atoms with E-state index in [0.29, 0.717) is 17.7 Å². The Balaban J connectivity index is 1.86. The number of carboxylic acids is 1. The molecular weight excluding hydrogens is 340 g/mol. The molecule has 6 nitrogen and oxygen atoms in total. The molecular formula is C18H23ClN4O2. The van der Waals surface area contributed by atoms with Gasteiger partial charge in [-0.25, -0.2) is 9.97 Å². The molecule has 2 aromatic heterocycles. The summed E-state index contributed by atoms with van der Waals surface area (Å²) in [6.45, 7) is 5.76. The summed E-state index contributed by atoms with van der Waals surface area (Å²) in [5.41, 5.74) is 0.781. The Bertz CT molecular complexity index is 747. The number of anilines is 1. The third-order valence-electron chi connectivity index (χ3n) is 4.83. The minimum absolute atomic E-state index is 0.102. The van der Waals surface area contributed by atoms with Crippen LogP contribution in [0.25, 0.3) is 10.9 Å². The SMILES string of the molecule is CCN1CCC(N(CCC(=O)O)c2ccc3cnc(Cl)cc3n2)CC1. The molecule has 0 saturated carbocycles. The number of carbonyl (C=O) groups is 1. The average molecular weight is 363 g/mol. The first kappa shape index (κ1) is 17.9. The predicted octanol–water partition coefficient (Wildman–Crippen LogP) is 3.05. The van der Waals surface area contributed by atoms with Crippen molar-refractivity contribution in [1.82, 2.24) is 14.9 Å². The van der Waals surface area contributed by atoms with Gasteiger partial charge in [-0.05, 0) is 31.5 Å². The molecule has 134 valence electrons. The van der Waals surface area contributed by atoms with Gasteiger partial charge in [0.2, 0.25) is 0 Å². The Hall–Kier alpha value is -1.92. The predicted molar refractivity (Wildman–Crippen MR) is 99.3 cm³/mol. The van der Waals surface area contributed by atoms with Gasteiger partial charge in [0, 0.05) is 43.3 Å². The summed E-state index contributed by atoms with van der Waals surface area (Å²) in [5.74, 6) is 0.0231. The normalized spacial score (nSPS) is 16.2. The first-order valence-electron chi connectivity index (χ1n) is 8.70. The van der Waals surface area contributed by atoms with Crippen LogP contribution in [0.4, 0.5) is 5.82 Å². The van der Waals surface area contributed by atoms with Crippen LogP contribution in [0.15, 0.2) is 24.4 Å². The quantitative estimate of drug-likeness (QED) is 0.796. The van der Waals surface area contributed by atoms with Crippen LogP contribution >= 0.6 is 11.6 Å². The lowest BCUT2D eigenvalue weighted by molar-refractivity contribution is -0.136. The number of fused-ring (bicyclic) bond motifs is 1. The zero-order chi connectivity index (χ0) is 17.8. The van der Waals surface area contributed by atoms with Gasteiger partial charge in [0.1, 0.15) is 11.0 Å². The number of rotatable bonds is 6. The maximum absolute atomic E-state index is 11.1. The van der Waals surface area contributed by atoms with Crippen LogP contribution in [-0.4, -0.2) is 58.2 Å². The lowest BCUT2D eigenvalue weighted by atomic mass is 10.0. The highest BCUT2D eigenvalue weighted by Crippen LogP contribution is 2.25. The summed E-state index contributed by atoms with van der Waals surface area (Å²) in [6.07, 6.45) is 3.84. The molecule has 1 aliphatic heterocycles. The zero-order valence-corrected chi connectivity index (χ0v) is 15.1. The van der Waals surface area contributed by atoms with E-state index in [4.69, 9.17) is 21.7 Å². The molecule has 0 spiro atoms. The highest BCUT2D eigenvalue weighted by atomic mass is 35.5. The van der Waals surface area contributed by atoms with E-state index in [9.17, 15) is 4.79 Å². The maximum Gasteiger partial charge on any atom is 0.305 e. The highest BCUT2D eigenvalue weighted by molar-refractivity contribution is 6.29. The number of aromatic nitrogens is 2. The zero-order valence-electron chi connectivity index (χ0n) is 14.4. The number of likely N-dealkylation sites (tertiary alicyclic amines) is 1. The van der Waals surface area contributed by atoms with Crippen LogP contribution in [0, 0.1) is 0 Å². The lowest BCUT2D eigenvalue weighted by Crippen LogP contribution is -2.46. The van der Waals surface area contributed by atoms with E-state index in [0.717, 1.165) is 49.2 Å². The Morgan fingerprint density at radius 3 is 2.84 bits per heavy atom. The van der Waals surface area contributed by atoms with Crippen molar-refractivity contribution < 1.29 is 9.90 Å². The number of pyridine rings is 2. The summed E-state index contributed by atoms with van der Waals surface area (Å²) in [5, 5.41) is 10.4. The molecule has 1 aliphatic rings. The molecule has 0 radical (unpaired) electrons. The van der Waals surface area contributed by atoms with E-state index in [1.807, 2.05) is 12.1 Å². The van der Waals surface area contributed by atoms with Gasteiger partial charge >= 0.3 is 5.97 Å². The van der Waals surface area contributed by atoms with Crippen molar-refractivity contribution >= 4 is 34.3 Å². The van der Waals surface area contributed by atoms with Crippen LogP contribution in [0.1, 0.15) is 26.2 Å². The standard InChI is InChI=1S/C18H23ClN4O2/c1-2-22-8-5-14(6-9-22)23(10-7-18(24)25)17-4-3-13-12-20-16(19)11-15(13)21-17/h3-4,11-12,14H,2,5-10H2,1H3,(H,24,25). The second-order valence-corrected chi connectivity index (χ2v) is 6.76. The van der Waals surface area contributed by atoms with Crippen molar-refractivity contribution in [2.45, 2.75) is 32.2 Å². The number of nitrogens with zero attached hydrogens (tertiary/aromatic N) is 4. The number of hydrogen-bond donors (Lipinski definition) is 1. The monoisotopic (exact) mass is 362 g/mol. The Kier molecular flexibility index (Phi) is 5.71. The van der Waals surface area contributed by atoms with Gasteiger partial charge in [0.25, 0.3) is 0 Å². The number of carboxylic acid groups (broad SMARTS) is 1. The molecule has 3 heterocycles. The van der Waals surface area contributed by atoms with Gasteiger partial charge in [0.05, 0.1) is 11.9 Å². The molecule has 0 aromatic carbocycles. The minimum atomic E-state index is -0.788. The molecule has 0 unspecified atom stereocenters. The Labute approximate surface area is 152 Å². The lowest BCUT2D eigenvalue weighted by Gasteiger charge is -2.38. The second-order valence-electron chi connectivity index (χ2n) is 6.37. The summed E-state index contributed by atoms with van der Waals surface area (Å²) in [4.78, 5) is 24.5. The molecule has 1 saturated heterocycles. The smallest absolute Gasteiger partial charge is 0.305 e. The maximum atomic E-state index is 11.1. The van der Waals surface area contributed by atoms with E-state index in [-0.39, 0.29) is 6.42 Å². The highest BCUT2D eigenvalue weighted by Gasteiger charge is 2.25. The van der Waals surface area contributed by atoms with E-state index >= 15 is 0 Å². The molecule has 0 bridgehead atoms. The van der Waals surface area contributed by atoms with Crippen molar-refractivity contribution in [3.8, 4) is 0 Å². The van der Waals surface area contributed by atoms with E-state index < -0.39 is 5.97 Å². The summed E-state index contributed by atoms with van der Waals surface area (Å²) in [6, 6.07) is 5.97. The van der Waals surface area contributed by atoms with Crippen LogP contribution < -0.4 is 4.90 Å². The van der Waals surface area contributed by atoms with E-state index in [1.54, 1.807) is 12.3 Å². The average Bonchev–Trinajstić information content (AvgIpc) is 2.62. The molecule has 0 amide bonds. The van der Waals surface area contributed by atoms with Crippen molar-refractivity contribution in [2.75, 3.05) is 31.1 Å². The third-order valence-corrected chi connectivity index (χ3v) is 5.04. The first-order chi connectivity index (χ1) is 12.1. The minimum Gasteiger partial charge on any atom is -0.481 e. The molecule has 0 atom stereocenters. The molecule has 1 fully saturated rings. The first-order valence-corrected chi connectivity index (χ1v) is 9.07. The molecule has 7 heteroatoms. The fraction of sp³-hybridized carbons (Fsp3) is 0.500. The van der Waals surface area contributed by atoms with Gasteiger partial charge in [-0.15, -0.1) is 0 Å². The van der Waals surface area contributed by atoms with Gasteiger partial charge < -0.3 is 14.9 Å². The van der Waals surface area contributed by atoms with Crippen LogP contribution in [0.2, 0.25) is 5.15 Å². The fourth-order valence-electron chi connectivity index (χ4n) is 3.39. The summed E-state index contributed by atoms with van der Waals surface area (Å²) >= 11 is 5.99. The van der Waals surface area contributed by atoms with Crippen molar-refractivity contribution in [3.05, 3.63) is 29.5 Å². The Morgan fingerprint density at radius 1 is 1.40 bits per heavy atom. The van der Waals surface area contributed by atoms with Crippen molar-refractivity contribution in [1.29, 1.82) is 0 Å². The number of aliphatic carboxylic acids is 1. The van der Waals surface area contributed by atoms with Crippen molar-refractivity contribution in [2.24, 2.45) is 0 Å². The topological polar surface area (TPSA) is 69.6 Å². The van der Waals surface area contributed by atoms with E-state index in [1.165, 1.54) is 0 Å². The number of halogens is 1. The van der Waals surface area contributed by atoms with Gasteiger partial charge in [-0.3, -0.25) is 4.79 Å². The molecule has 3 rings (SSSR count). The van der Waals surface area contributed by atoms with Crippen LogP contribution in [0.3, 0.4) is 0 Å². The Morgan fingerprint density at radius 2 is 2.16 bits per heavy atom. The number of hydrogen-bond acceptors (Lipinski definition) is 5. The molecule has 2 aromatic rings. The molecule has 25 heavy (non-hydrogen) atoms. The van der Waals surface area contributed by atoms with Gasteiger partial charge in [0.15, 0.2) is 0 Å². The number of piperidine rings is 1. The third kappa shape index (κ3) is 4.38. The largest absolute Gasteiger partial charge is 0.481 e. The molecule has 0 aliphatic carbocycles. The van der Waals surface area contributed by atoms with Gasteiger partial charge in [-0.1, -0.05) is 18.5 Å². The molecule has 1 N–H and O–H groups in total.